The summed E-state index contributed by atoms with van der Waals surface area (Å²) in [7, 11) is -3.87. The van der Waals surface area contributed by atoms with Gasteiger partial charge in [0.05, 0.1) is 17.3 Å². The molecule has 1 unspecified atom stereocenters. The molecule has 2 aromatic rings. The van der Waals surface area contributed by atoms with Crippen LogP contribution in [0.1, 0.15) is 63.6 Å². The summed E-state index contributed by atoms with van der Waals surface area (Å²) in [6, 6.07) is 11.0. The molecule has 0 radical (unpaired) electrons. The molecule has 0 aromatic heterocycles. The van der Waals surface area contributed by atoms with Gasteiger partial charge in [-0.05, 0) is 80.0 Å². The summed E-state index contributed by atoms with van der Waals surface area (Å²) >= 11 is 0. The Labute approximate surface area is 277 Å². The van der Waals surface area contributed by atoms with Crippen LogP contribution in [0, 0.1) is 23.0 Å². The first-order valence-electron chi connectivity index (χ1n) is 16.2. The van der Waals surface area contributed by atoms with Gasteiger partial charge in [-0.15, -0.1) is 0 Å². The molecule has 47 heavy (non-hydrogen) atoms. The first-order valence-corrected chi connectivity index (χ1v) is 17.9. The van der Waals surface area contributed by atoms with E-state index in [0.29, 0.717) is 32.5 Å². The SMILES string of the molecule is CCCN(CCC)C(=O)C1([C@H](Cc2cc(F)cc(F)c2)[C@@H](O)CNCc2cccc(CC)c2)C=C(NS(=O)(=O)CC)C=C(C(N)=O)C1. The summed E-state index contributed by atoms with van der Waals surface area (Å²) in [4.78, 5) is 29.2. The molecule has 0 aliphatic heterocycles. The van der Waals surface area contributed by atoms with Crippen LogP contribution in [0.5, 0.6) is 0 Å². The molecule has 12 heteroatoms. The third-order valence-electron chi connectivity index (χ3n) is 8.45. The van der Waals surface area contributed by atoms with E-state index in [1.54, 1.807) is 4.90 Å². The van der Waals surface area contributed by atoms with Crippen molar-refractivity contribution in [2.24, 2.45) is 17.1 Å². The number of primary amides is 1. The zero-order valence-electron chi connectivity index (χ0n) is 27.7. The maximum Gasteiger partial charge on any atom is 0.244 e. The van der Waals surface area contributed by atoms with Crippen molar-refractivity contribution >= 4 is 21.8 Å². The van der Waals surface area contributed by atoms with Gasteiger partial charge in [-0.3, -0.25) is 14.3 Å². The lowest BCUT2D eigenvalue weighted by Crippen LogP contribution is -2.54. The van der Waals surface area contributed by atoms with Gasteiger partial charge in [0.15, 0.2) is 0 Å². The second kappa shape index (κ2) is 17.0. The molecule has 3 atom stereocenters. The Bertz CT molecular complexity index is 1550. The lowest BCUT2D eigenvalue weighted by Gasteiger charge is -2.45. The molecule has 2 amide bonds. The highest BCUT2D eigenvalue weighted by Gasteiger charge is 2.51. The minimum Gasteiger partial charge on any atom is -0.391 e. The summed E-state index contributed by atoms with van der Waals surface area (Å²) < 4.78 is 56.8. The van der Waals surface area contributed by atoms with Gasteiger partial charge in [0, 0.05) is 49.4 Å². The van der Waals surface area contributed by atoms with Crippen LogP contribution < -0.4 is 15.8 Å². The van der Waals surface area contributed by atoms with Crippen molar-refractivity contribution in [3.05, 3.63) is 94.2 Å². The second-order valence-electron chi connectivity index (χ2n) is 12.1. The third kappa shape index (κ3) is 10.2. The number of aryl methyl sites for hydroxylation is 1. The number of allylic oxidation sites excluding steroid dienone is 1. The lowest BCUT2D eigenvalue weighted by molar-refractivity contribution is -0.145. The number of carbonyl (C=O) groups is 2. The fourth-order valence-electron chi connectivity index (χ4n) is 6.19. The Kier molecular flexibility index (Phi) is 13.7. The van der Waals surface area contributed by atoms with Crippen LogP contribution in [0.3, 0.4) is 0 Å². The molecule has 9 nitrogen and oxygen atoms in total. The second-order valence-corrected chi connectivity index (χ2v) is 14.1. The fraction of sp³-hybridized carbons (Fsp3) is 0.486. The van der Waals surface area contributed by atoms with E-state index in [4.69, 9.17) is 5.73 Å². The average Bonchev–Trinajstić information content (AvgIpc) is 3.02. The van der Waals surface area contributed by atoms with Gasteiger partial charge in [-0.25, -0.2) is 17.2 Å². The number of amides is 2. The minimum absolute atomic E-state index is 0.0189. The summed E-state index contributed by atoms with van der Waals surface area (Å²) in [5.74, 6) is -4.31. The van der Waals surface area contributed by atoms with Crippen molar-refractivity contribution < 1.29 is 31.9 Å². The summed E-state index contributed by atoms with van der Waals surface area (Å²) in [5.41, 5.74) is 6.30. The molecule has 0 saturated carbocycles. The van der Waals surface area contributed by atoms with E-state index in [1.807, 2.05) is 45.0 Å². The van der Waals surface area contributed by atoms with Crippen LogP contribution >= 0.6 is 0 Å². The smallest absolute Gasteiger partial charge is 0.244 e. The summed E-state index contributed by atoms with van der Waals surface area (Å²) in [6.07, 6.45) is 3.11. The van der Waals surface area contributed by atoms with Gasteiger partial charge in [0.25, 0.3) is 0 Å². The van der Waals surface area contributed by atoms with Crippen molar-refractivity contribution in [3.8, 4) is 0 Å². The number of aliphatic hydroxyl groups excluding tert-OH is 1. The average molecular weight is 675 g/mol. The van der Waals surface area contributed by atoms with Crippen molar-refractivity contribution in [3.63, 3.8) is 0 Å². The molecule has 0 saturated heterocycles. The van der Waals surface area contributed by atoms with Crippen molar-refractivity contribution in [1.29, 1.82) is 0 Å². The molecular formula is C35H48F2N4O5S. The van der Waals surface area contributed by atoms with Crippen LogP contribution in [-0.4, -0.2) is 61.7 Å². The number of hydrogen-bond donors (Lipinski definition) is 4. The predicted molar refractivity (Wildman–Crippen MR) is 179 cm³/mol. The number of nitrogens with zero attached hydrogens (tertiary/aromatic N) is 1. The molecule has 3 rings (SSSR count). The molecule has 0 spiro atoms. The number of aliphatic hydroxyl groups is 1. The highest BCUT2D eigenvalue weighted by Crippen LogP contribution is 2.45. The van der Waals surface area contributed by atoms with Crippen LogP contribution in [-0.2, 0) is 39.0 Å². The normalized spacial score (nSPS) is 17.8. The number of sulfonamides is 1. The quantitative estimate of drug-likeness (QED) is 0.188. The number of nitrogens with two attached hydrogens (primary N) is 1. The Morgan fingerprint density at radius 3 is 2.21 bits per heavy atom. The number of nitrogens with one attached hydrogen (secondary N) is 2. The van der Waals surface area contributed by atoms with E-state index in [2.05, 4.69) is 10.0 Å². The summed E-state index contributed by atoms with van der Waals surface area (Å²) in [5, 5.41) is 15.2. The Hall–Kier alpha value is -3.61. The van der Waals surface area contributed by atoms with Gasteiger partial charge < -0.3 is 21.1 Å². The zero-order chi connectivity index (χ0) is 34.8. The van der Waals surface area contributed by atoms with Gasteiger partial charge in [-0.1, -0.05) is 45.0 Å². The first-order chi connectivity index (χ1) is 22.3. The monoisotopic (exact) mass is 674 g/mol. The van der Waals surface area contributed by atoms with Crippen LogP contribution in [0.4, 0.5) is 8.78 Å². The van der Waals surface area contributed by atoms with E-state index in [-0.39, 0.29) is 42.0 Å². The largest absolute Gasteiger partial charge is 0.391 e. The standard InChI is InChI=1S/C35H48F2N4O5S/c1-5-12-41(13-6-2)34(44)35(20-27(33(38)43)18-30(21-35)40-47(45,46)8-4)31(17-26-15-28(36)19-29(37)16-26)32(42)23-39-22-25-11-9-10-24(7-3)14-25/h9-11,14-16,18-19,21,31-32,39-40,42H,5-8,12-13,17,20,22-23H2,1-4H3,(H2,38,43)/t31-,32+,35?/m1/s1. The van der Waals surface area contributed by atoms with Gasteiger partial charge in [0.1, 0.15) is 11.6 Å². The number of hydrogen-bond acceptors (Lipinski definition) is 6. The lowest BCUT2D eigenvalue weighted by atomic mass is 9.63. The molecular weight excluding hydrogens is 626 g/mol. The maximum absolute atomic E-state index is 14.8. The number of benzene rings is 2. The first kappa shape index (κ1) is 37.8. The molecule has 0 fully saturated rings. The van der Waals surface area contributed by atoms with Crippen molar-refractivity contribution in [2.45, 2.75) is 72.4 Å². The van der Waals surface area contributed by atoms with Crippen molar-refractivity contribution in [1.82, 2.24) is 14.9 Å². The van der Waals surface area contributed by atoms with Gasteiger partial charge >= 0.3 is 0 Å². The van der Waals surface area contributed by atoms with Crippen molar-refractivity contribution in [2.75, 3.05) is 25.4 Å². The molecule has 2 aromatic carbocycles. The van der Waals surface area contributed by atoms with Crippen LogP contribution in [0.2, 0.25) is 0 Å². The highest BCUT2D eigenvalue weighted by atomic mass is 32.2. The molecule has 1 aliphatic carbocycles. The molecule has 1 aliphatic rings. The maximum atomic E-state index is 14.8. The van der Waals surface area contributed by atoms with E-state index in [9.17, 15) is 31.9 Å². The number of rotatable bonds is 18. The van der Waals surface area contributed by atoms with E-state index >= 15 is 0 Å². The molecule has 0 heterocycles. The fourth-order valence-corrected chi connectivity index (χ4v) is 6.81. The number of carbonyl (C=O) groups excluding carboxylic acids is 2. The molecule has 258 valence electrons. The molecule has 5 N–H and O–H groups in total. The Morgan fingerprint density at radius 1 is 1.00 bits per heavy atom. The Morgan fingerprint density at radius 2 is 1.64 bits per heavy atom. The predicted octanol–water partition coefficient (Wildman–Crippen LogP) is 4.11. The Balaban J connectivity index is 2.21. The van der Waals surface area contributed by atoms with E-state index in [0.717, 1.165) is 35.7 Å². The van der Waals surface area contributed by atoms with E-state index in [1.165, 1.54) is 19.1 Å². The zero-order valence-corrected chi connectivity index (χ0v) is 28.5. The number of halogens is 2. The highest BCUT2D eigenvalue weighted by molar-refractivity contribution is 7.89. The van der Waals surface area contributed by atoms with Crippen LogP contribution in [0.15, 0.2) is 65.9 Å². The van der Waals surface area contributed by atoms with Gasteiger partial charge in [-0.2, -0.15) is 0 Å². The minimum atomic E-state index is -3.87. The van der Waals surface area contributed by atoms with Crippen LogP contribution in [0.25, 0.3) is 0 Å². The third-order valence-corrected chi connectivity index (χ3v) is 9.76. The topological polar surface area (TPSA) is 142 Å². The molecule has 0 bridgehead atoms. The van der Waals surface area contributed by atoms with Gasteiger partial charge in [0.2, 0.25) is 21.8 Å². The summed E-state index contributed by atoms with van der Waals surface area (Å²) in [6.45, 7) is 8.41. The van der Waals surface area contributed by atoms with E-state index < -0.39 is 50.9 Å².